The van der Waals surface area contributed by atoms with Gasteiger partial charge in [-0.25, -0.2) is 5.84 Å². The lowest BCUT2D eigenvalue weighted by Gasteiger charge is -2.05. The van der Waals surface area contributed by atoms with Crippen LogP contribution in [0.3, 0.4) is 0 Å². The molecule has 0 fully saturated rings. The summed E-state index contributed by atoms with van der Waals surface area (Å²) in [4.78, 5) is 20.9. The van der Waals surface area contributed by atoms with E-state index in [0.29, 0.717) is 0 Å². The molecule has 0 aromatic rings. The van der Waals surface area contributed by atoms with Gasteiger partial charge in [0.05, 0.1) is 6.04 Å². The monoisotopic (exact) mass is 145 g/mol. The SMILES string of the molecule is CC(=O)C[C@H](N)C(=O)NN. The Bertz CT molecular complexity index is 146. The van der Waals surface area contributed by atoms with Crippen molar-refractivity contribution in [1.82, 2.24) is 5.43 Å². The van der Waals surface area contributed by atoms with Crippen molar-refractivity contribution in [1.29, 1.82) is 0 Å². The molecule has 10 heavy (non-hydrogen) atoms. The van der Waals surface area contributed by atoms with E-state index in [9.17, 15) is 9.59 Å². The first-order chi connectivity index (χ1) is 4.57. The van der Waals surface area contributed by atoms with Crippen molar-refractivity contribution in [3.8, 4) is 0 Å². The minimum absolute atomic E-state index is 0.0308. The van der Waals surface area contributed by atoms with Gasteiger partial charge < -0.3 is 5.73 Å². The molecule has 0 bridgehead atoms. The van der Waals surface area contributed by atoms with Crippen molar-refractivity contribution in [3.63, 3.8) is 0 Å². The van der Waals surface area contributed by atoms with Gasteiger partial charge in [0.15, 0.2) is 0 Å². The summed E-state index contributed by atoms with van der Waals surface area (Å²) < 4.78 is 0. The number of Topliss-reactive ketones (excluding diaryl/α,β-unsaturated/α-hetero) is 1. The molecule has 1 atom stereocenters. The predicted octanol–water partition coefficient (Wildman–Crippen LogP) is -1.72. The lowest BCUT2D eigenvalue weighted by molar-refractivity contribution is -0.126. The molecular formula is C5H11N3O2. The molecule has 0 saturated heterocycles. The van der Waals surface area contributed by atoms with E-state index in [1.54, 1.807) is 0 Å². The first-order valence-corrected chi connectivity index (χ1v) is 2.83. The Morgan fingerprint density at radius 2 is 2.10 bits per heavy atom. The Morgan fingerprint density at radius 3 is 2.40 bits per heavy atom. The lowest BCUT2D eigenvalue weighted by Crippen LogP contribution is -2.44. The molecule has 0 aliphatic heterocycles. The van der Waals surface area contributed by atoms with Gasteiger partial charge in [0.25, 0.3) is 5.91 Å². The standard InChI is InChI=1S/C5H11N3O2/c1-3(9)2-4(6)5(10)8-7/h4H,2,6-7H2,1H3,(H,8,10)/t4-/m0/s1. The van der Waals surface area contributed by atoms with Gasteiger partial charge in [0.2, 0.25) is 0 Å². The molecule has 5 N–H and O–H groups in total. The molecular weight excluding hydrogens is 134 g/mol. The van der Waals surface area contributed by atoms with Crippen LogP contribution in [-0.4, -0.2) is 17.7 Å². The smallest absolute Gasteiger partial charge is 0.251 e. The van der Waals surface area contributed by atoms with Gasteiger partial charge in [-0.3, -0.25) is 15.0 Å². The third kappa shape index (κ3) is 3.16. The Labute approximate surface area is 58.7 Å². The molecule has 58 valence electrons. The number of carbonyl (C=O) groups excluding carboxylic acids is 2. The van der Waals surface area contributed by atoms with E-state index in [2.05, 4.69) is 0 Å². The molecule has 0 rings (SSSR count). The van der Waals surface area contributed by atoms with Gasteiger partial charge in [-0.1, -0.05) is 0 Å². The van der Waals surface area contributed by atoms with Crippen LogP contribution in [0.15, 0.2) is 0 Å². The third-order valence-corrected chi connectivity index (χ3v) is 0.986. The first-order valence-electron chi connectivity index (χ1n) is 2.83. The molecule has 5 heteroatoms. The van der Waals surface area contributed by atoms with E-state index >= 15 is 0 Å². The summed E-state index contributed by atoms with van der Waals surface area (Å²) in [7, 11) is 0. The normalized spacial score (nSPS) is 12.3. The molecule has 0 heterocycles. The van der Waals surface area contributed by atoms with Crippen LogP contribution in [0.2, 0.25) is 0 Å². The molecule has 0 saturated carbocycles. The first kappa shape index (κ1) is 9.06. The fraction of sp³-hybridized carbons (Fsp3) is 0.600. The number of carbonyl (C=O) groups is 2. The quantitative estimate of drug-likeness (QED) is 0.250. The van der Waals surface area contributed by atoms with Crippen LogP contribution in [0.4, 0.5) is 0 Å². The average molecular weight is 145 g/mol. The molecule has 0 radical (unpaired) electrons. The van der Waals surface area contributed by atoms with Gasteiger partial charge in [-0.15, -0.1) is 0 Å². The van der Waals surface area contributed by atoms with E-state index in [4.69, 9.17) is 11.6 Å². The number of ketones is 1. The zero-order chi connectivity index (χ0) is 8.15. The second-order valence-electron chi connectivity index (χ2n) is 2.02. The van der Waals surface area contributed by atoms with Crippen LogP contribution in [0.1, 0.15) is 13.3 Å². The highest BCUT2D eigenvalue weighted by Gasteiger charge is 2.12. The fourth-order valence-corrected chi connectivity index (χ4v) is 0.509. The van der Waals surface area contributed by atoms with Crippen LogP contribution in [0.25, 0.3) is 0 Å². The molecule has 0 aromatic heterocycles. The summed E-state index contributed by atoms with van der Waals surface area (Å²) in [6, 6.07) is -0.817. The largest absolute Gasteiger partial charge is 0.319 e. The minimum atomic E-state index is -0.817. The van der Waals surface area contributed by atoms with Crippen LogP contribution >= 0.6 is 0 Å². The van der Waals surface area contributed by atoms with Gasteiger partial charge in [0.1, 0.15) is 5.78 Å². The van der Waals surface area contributed by atoms with Crippen LogP contribution < -0.4 is 17.0 Å². The maximum absolute atomic E-state index is 10.5. The zero-order valence-electron chi connectivity index (χ0n) is 5.76. The highest BCUT2D eigenvalue weighted by atomic mass is 16.2. The molecule has 0 spiro atoms. The summed E-state index contributed by atoms with van der Waals surface area (Å²) in [6.45, 7) is 1.36. The van der Waals surface area contributed by atoms with E-state index in [1.807, 2.05) is 5.43 Å². The second-order valence-corrected chi connectivity index (χ2v) is 2.02. The number of hydrogen-bond acceptors (Lipinski definition) is 4. The van der Waals surface area contributed by atoms with E-state index < -0.39 is 11.9 Å². The second kappa shape index (κ2) is 3.97. The number of hydrazine groups is 1. The lowest BCUT2D eigenvalue weighted by atomic mass is 10.1. The highest BCUT2D eigenvalue weighted by Crippen LogP contribution is 1.87. The topological polar surface area (TPSA) is 98.2 Å². The van der Waals surface area contributed by atoms with Crippen molar-refractivity contribution < 1.29 is 9.59 Å². The summed E-state index contributed by atoms with van der Waals surface area (Å²) in [5.74, 6) is 4.11. The van der Waals surface area contributed by atoms with Crippen molar-refractivity contribution >= 4 is 11.7 Å². The molecule has 0 unspecified atom stereocenters. The average Bonchev–Trinajstić information content (AvgIpc) is 1.85. The molecule has 0 aliphatic rings. The Kier molecular flexibility index (Phi) is 3.60. The summed E-state index contributed by atoms with van der Waals surface area (Å²) in [5, 5.41) is 0. The zero-order valence-corrected chi connectivity index (χ0v) is 5.76. The maximum Gasteiger partial charge on any atom is 0.251 e. The number of amides is 1. The third-order valence-electron chi connectivity index (χ3n) is 0.986. The number of nitrogens with two attached hydrogens (primary N) is 2. The van der Waals surface area contributed by atoms with Crippen molar-refractivity contribution in [3.05, 3.63) is 0 Å². The van der Waals surface area contributed by atoms with Gasteiger partial charge in [-0.05, 0) is 6.92 Å². The highest BCUT2D eigenvalue weighted by molar-refractivity contribution is 5.87. The molecule has 0 aliphatic carbocycles. The Morgan fingerprint density at radius 1 is 1.60 bits per heavy atom. The Hall–Kier alpha value is -0.940. The maximum atomic E-state index is 10.5. The number of hydrogen-bond donors (Lipinski definition) is 3. The number of rotatable bonds is 3. The van der Waals surface area contributed by atoms with Gasteiger partial charge in [0, 0.05) is 6.42 Å². The van der Waals surface area contributed by atoms with Crippen LogP contribution in [-0.2, 0) is 9.59 Å². The van der Waals surface area contributed by atoms with Gasteiger partial charge in [-0.2, -0.15) is 0 Å². The van der Waals surface area contributed by atoms with Crippen LogP contribution in [0.5, 0.6) is 0 Å². The van der Waals surface area contributed by atoms with Crippen LogP contribution in [0, 0.1) is 0 Å². The van der Waals surface area contributed by atoms with E-state index in [1.165, 1.54) is 6.92 Å². The Balaban J connectivity index is 3.72. The summed E-state index contributed by atoms with van der Waals surface area (Å²) in [6.07, 6.45) is 0.0308. The minimum Gasteiger partial charge on any atom is -0.319 e. The van der Waals surface area contributed by atoms with E-state index in [-0.39, 0.29) is 12.2 Å². The predicted molar refractivity (Wildman–Crippen MR) is 35.6 cm³/mol. The van der Waals surface area contributed by atoms with Crippen molar-refractivity contribution in [2.75, 3.05) is 0 Å². The molecule has 1 amide bonds. The molecule has 0 aromatic carbocycles. The fourth-order valence-electron chi connectivity index (χ4n) is 0.509. The summed E-state index contributed by atoms with van der Waals surface area (Å²) in [5.41, 5.74) is 7.07. The number of nitrogens with one attached hydrogen (secondary N) is 1. The van der Waals surface area contributed by atoms with Gasteiger partial charge >= 0.3 is 0 Å². The molecule has 5 nitrogen and oxygen atoms in total. The van der Waals surface area contributed by atoms with Crippen molar-refractivity contribution in [2.45, 2.75) is 19.4 Å². The van der Waals surface area contributed by atoms with Crippen molar-refractivity contribution in [2.24, 2.45) is 11.6 Å². The summed E-state index contributed by atoms with van der Waals surface area (Å²) >= 11 is 0. The van der Waals surface area contributed by atoms with E-state index in [0.717, 1.165) is 0 Å².